The van der Waals surface area contributed by atoms with Crippen LogP contribution < -0.4 is 0 Å². The number of piperidine rings is 1. The normalized spacial score (nSPS) is 21.8. The molecule has 0 bridgehead atoms. The Balaban J connectivity index is 1.94. The SMILES string of the molecule is Cc1nc(/C=C/C(=O)N2CCCC(C(C)O)C2)cs1. The highest BCUT2D eigenvalue weighted by Gasteiger charge is 2.25. The van der Waals surface area contributed by atoms with Crippen molar-refractivity contribution in [2.75, 3.05) is 13.1 Å². The third kappa shape index (κ3) is 3.88. The molecule has 1 fully saturated rings. The largest absolute Gasteiger partial charge is 0.393 e. The van der Waals surface area contributed by atoms with E-state index in [9.17, 15) is 9.90 Å². The number of aliphatic hydroxyl groups is 1. The minimum absolute atomic E-state index is 0.0102. The van der Waals surface area contributed by atoms with Crippen molar-refractivity contribution in [3.05, 3.63) is 22.2 Å². The number of aliphatic hydroxyl groups excluding tert-OH is 1. The minimum Gasteiger partial charge on any atom is -0.393 e. The van der Waals surface area contributed by atoms with Gasteiger partial charge in [0.05, 0.1) is 16.8 Å². The number of hydrogen-bond acceptors (Lipinski definition) is 4. The molecule has 0 aliphatic carbocycles. The lowest BCUT2D eigenvalue weighted by atomic mass is 9.93. The molecule has 0 aromatic carbocycles. The number of carbonyl (C=O) groups excluding carboxylic acids is 1. The predicted octanol–water partition coefficient (Wildman–Crippen LogP) is 2.08. The Kier molecular flexibility index (Phi) is 4.71. The fourth-order valence-electron chi connectivity index (χ4n) is 2.32. The van der Waals surface area contributed by atoms with Crippen LogP contribution in [0, 0.1) is 12.8 Å². The Bertz CT molecular complexity index is 468. The second kappa shape index (κ2) is 6.30. The van der Waals surface area contributed by atoms with Crippen LogP contribution in [0.5, 0.6) is 0 Å². The summed E-state index contributed by atoms with van der Waals surface area (Å²) in [7, 11) is 0. The fourth-order valence-corrected chi connectivity index (χ4v) is 2.90. The zero-order valence-corrected chi connectivity index (χ0v) is 12.2. The highest BCUT2D eigenvalue weighted by molar-refractivity contribution is 7.09. The van der Waals surface area contributed by atoms with Gasteiger partial charge in [-0.15, -0.1) is 11.3 Å². The zero-order chi connectivity index (χ0) is 13.8. The summed E-state index contributed by atoms with van der Waals surface area (Å²) in [5.74, 6) is 0.212. The number of aryl methyl sites for hydroxylation is 1. The van der Waals surface area contributed by atoms with Crippen molar-refractivity contribution in [3.8, 4) is 0 Å². The quantitative estimate of drug-likeness (QED) is 0.863. The molecule has 19 heavy (non-hydrogen) atoms. The van der Waals surface area contributed by atoms with E-state index in [-0.39, 0.29) is 17.9 Å². The van der Waals surface area contributed by atoms with E-state index in [0.29, 0.717) is 6.54 Å². The average Bonchev–Trinajstić information content (AvgIpc) is 2.82. The molecular weight excluding hydrogens is 260 g/mol. The molecule has 1 aliphatic heterocycles. The van der Waals surface area contributed by atoms with Crippen LogP contribution in [-0.4, -0.2) is 40.1 Å². The standard InChI is InChI=1S/C14H20N2O2S/c1-10(17)12-4-3-7-16(8-12)14(18)6-5-13-9-19-11(2)15-13/h5-6,9-10,12,17H,3-4,7-8H2,1-2H3/b6-5+. The summed E-state index contributed by atoms with van der Waals surface area (Å²) in [5.41, 5.74) is 0.833. The van der Waals surface area contributed by atoms with Gasteiger partial charge < -0.3 is 10.0 Å². The van der Waals surface area contributed by atoms with Crippen LogP contribution in [0.4, 0.5) is 0 Å². The summed E-state index contributed by atoms with van der Waals surface area (Å²) in [4.78, 5) is 18.2. The van der Waals surface area contributed by atoms with Crippen LogP contribution in [-0.2, 0) is 4.79 Å². The Morgan fingerprint density at radius 3 is 3.11 bits per heavy atom. The van der Waals surface area contributed by atoms with Gasteiger partial charge in [0.1, 0.15) is 0 Å². The molecule has 1 N–H and O–H groups in total. The topological polar surface area (TPSA) is 53.4 Å². The third-order valence-corrected chi connectivity index (χ3v) is 4.28. The number of rotatable bonds is 3. The smallest absolute Gasteiger partial charge is 0.246 e. The first-order valence-electron chi connectivity index (χ1n) is 6.63. The van der Waals surface area contributed by atoms with Crippen LogP contribution in [0.2, 0.25) is 0 Å². The summed E-state index contributed by atoms with van der Waals surface area (Å²) in [5, 5.41) is 12.6. The second-order valence-electron chi connectivity index (χ2n) is 5.05. The molecule has 1 amide bonds. The maximum absolute atomic E-state index is 12.1. The lowest BCUT2D eigenvalue weighted by molar-refractivity contribution is -0.128. The number of likely N-dealkylation sites (tertiary alicyclic amines) is 1. The average molecular weight is 280 g/mol. The van der Waals surface area contributed by atoms with Crippen LogP contribution in [0.1, 0.15) is 30.5 Å². The van der Waals surface area contributed by atoms with Crippen LogP contribution in [0.25, 0.3) is 6.08 Å². The van der Waals surface area contributed by atoms with Crippen molar-refractivity contribution in [1.82, 2.24) is 9.88 Å². The van der Waals surface area contributed by atoms with Gasteiger partial charge >= 0.3 is 0 Å². The first-order valence-corrected chi connectivity index (χ1v) is 7.51. The van der Waals surface area contributed by atoms with Gasteiger partial charge in [0.2, 0.25) is 5.91 Å². The van der Waals surface area contributed by atoms with Gasteiger partial charge in [-0.2, -0.15) is 0 Å². The van der Waals surface area contributed by atoms with Gasteiger partial charge in [0, 0.05) is 30.5 Å². The first kappa shape index (κ1) is 14.2. The van der Waals surface area contributed by atoms with Crippen molar-refractivity contribution >= 4 is 23.3 Å². The monoisotopic (exact) mass is 280 g/mol. The van der Waals surface area contributed by atoms with Gasteiger partial charge in [-0.05, 0) is 32.8 Å². The van der Waals surface area contributed by atoms with Crippen molar-refractivity contribution in [2.45, 2.75) is 32.8 Å². The number of nitrogens with zero attached hydrogens (tertiary/aromatic N) is 2. The molecule has 2 unspecified atom stereocenters. The van der Waals surface area contributed by atoms with E-state index < -0.39 is 0 Å². The summed E-state index contributed by atoms with van der Waals surface area (Å²) in [6.45, 7) is 5.17. The highest BCUT2D eigenvalue weighted by Crippen LogP contribution is 2.20. The number of carbonyl (C=O) groups is 1. The molecule has 1 saturated heterocycles. The fraction of sp³-hybridized carbons (Fsp3) is 0.571. The highest BCUT2D eigenvalue weighted by atomic mass is 32.1. The van der Waals surface area contributed by atoms with Crippen LogP contribution in [0.15, 0.2) is 11.5 Å². The van der Waals surface area contributed by atoms with E-state index in [4.69, 9.17) is 0 Å². The summed E-state index contributed by atoms with van der Waals surface area (Å²) in [6, 6.07) is 0. The molecule has 1 aliphatic rings. The van der Waals surface area contributed by atoms with Gasteiger partial charge in [-0.1, -0.05) is 0 Å². The minimum atomic E-state index is -0.347. The Labute approximate surface area is 117 Å². The number of aromatic nitrogens is 1. The molecular formula is C14H20N2O2S. The Hall–Kier alpha value is -1.20. The van der Waals surface area contributed by atoms with Crippen molar-refractivity contribution < 1.29 is 9.90 Å². The third-order valence-electron chi connectivity index (χ3n) is 3.49. The van der Waals surface area contributed by atoms with Gasteiger partial charge in [0.25, 0.3) is 0 Å². The van der Waals surface area contributed by atoms with Crippen LogP contribution in [0.3, 0.4) is 0 Å². The van der Waals surface area contributed by atoms with E-state index in [0.717, 1.165) is 30.1 Å². The van der Waals surface area contributed by atoms with Crippen molar-refractivity contribution in [3.63, 3.8) is 0 Å². The molecule has 2 heterocycles. The van der Waals surface area contributed by atoms with Crippen LogP contribution >= 0.6 is 11.3 Å². The first-order chi connectivity index (χ1) is 9.06. The molecule has 2 atom stereocenters. The molecule has 4 nitrogen and oxygen atoms in total. The molecule has 5 heteroatoms. The van der Waals surface area contributed by atoms with E-state index in [1.54, 1.807) is 30.4 Å². The molecule has 104 valence electrons. The number of hydrogen-bond donors (Lipinski definition) is 1. The van der Waals surface area contributed by atoms with Gasteiger partial charge in [0.15, 0.2) is 0 Å². The van der Waals surface area contributed by atoms with Gasteiger partial charge in [-0.3, -0.25) is 4.79 Å². The maximum atomic E-state index is 12.1. The molecule has 0 spiro atoms. The maximum Gasteiger partial charge on any atom is 0.246 e. The molecule has 0 radical (unpaired) electrons. The molecule has 2 rings (SSSR count). The Morgan fingerprint density at radius 1 is 1.68 bits per heavy atom. The molecule has 1 aromatic rings. The lowest BCUT2D eigenvalue weighted by Crippen LogP contribution is -2.42. The van der Waals surface area contributed by atoms with Crippen molar-refractivity contribution in [2.24, 2.45) is 5.92 Å². The lowest BCUT2D eigenvalue weighted by Gasteiger charge is -2.33. The number of thiazole rings is 1. The Morgan fingerprint density at radius 2 is 2.47 bits per heavy atom. The molecule has 1 aromatic heterocycles. The molecule has 0 saturated carbocycles. The van der Waals surface area contributed by atoms with E-state index in [1.165, 1.54) is 0 Å². The predicted molar refractivity (Wildman–Crippen MR) is 76.9 cm³/mol. The second-order valence-corrected chi connectivity index (χ2v) is 6.11. The summed E-state index contributed by atoms with van der Waals surface area (Å²) < 4.78 is 0. The summed E-state index contributed by atoms with van der Waals surface area (Å²) in [6.07, 6.45) is 4.96. The van der Waals surface area contributed by atoms with E-state index in [2.05, 4.69) is 4.98 Å². The van der Waals surface area contributed by atoms with Gasteiger partial charge in [-0.25, -0.2) is 4.98 Å². The number of amides is 1. The van der Waals surface area contributed by atoms with Crippen molar-refractivity contribution in [1.29, 1.82) is 0 Å². The summed E-state index contributed by atoms with van der Waals surface area (Å²) >= 11 is 1.58. The zero-order valence-electron chi connectivity index (χ0n) is 11.4. The van der Waals surface area contributed by atoms with E-state index >= 15 is 0 Å². The van der Waals surface area contributed by atoms with E-state index in [1.807, 2.05) is 17.2 Å².